The van der Waals surface area contributed by atoms with Gasteiger partial charge in [0.1, 0.15) is 17.1 Å². The zero-order valence-corrected chi connectivity index (χ0v) is 18.7. The highest BCUT2D eigenvalue weighted by Crippen LogP contribution is 2.30. The molecule has 4 aromatic rings. The average molecular weight is 463 g/mol. The Morgan fingerprint density at radius 2 is 1.59 bits per heavy atom. The second-order valence-electron chi connectivity index (χ2n) is 6.71. The molecule has 0 unspecified atom stereocenters. The maximum absolute atomic E-state index is 12.4. The minimum absolute atomic E-state index is 0.129. The molecule has 0 spiro atoms. The van der Waals surface area contributed by atoms with Crippen molar-refractivity contribution in [2.24, 2.45) is 0 Å². The Balaban J connectivity index is 1.52. The summed E-state index contributed by atoms with van der Waals surface area (Å²) >= 11 is 7.34. The fraction of sp³-hybridized carbons (Fsp3) is 0.0833. The molecule has 32 heavy (non-hydrogen) atoms. The van der Waals surface area contributed by atoms with Crippen LogP contribution in [0.1, 0.15) is 0 Å². The van der Waals surface area contributed by atoms with Crippen molar-refractivity contribution in [1.29, 1.82) is 0 Å². The molecule has 0 aliphatic heterocycles. The Morgan fingerprint density at radius 1 is 0.938 bits per heavy atom. The molecule has 1 amide bonds. The van der Waals surface area contributed by atoms with Crippen LogP contribution in [0.5, 0.6) is 5.75 Å². The summed E-state index contributed by atoms with van der Waals surface area (Å²) in [5.74, 6) is 0.475. The number of ether oxygens (including phenoxy) is 1. The Hall–Kier alpha value is -3.42. The normalized spacial score (nSPS) is 10.6. The summed E-state index contributed by atoms with van der Waals surface area (Å²) in [4.78, 5) is 17.1. The molecule has 160 valence electrons. The predicted molar refractivity (Wildman–Crippen MR) is 128 cm³/mol. The number of thioether (sulfide) groups is 1. The number of carbonyl (C=O) groups excluding carboxylic acids is 1. The van der Waals surface area contributed by atoms with Crippen LogP contribution in [-0.4, -0.2) is 34.0 Å². The molecular formula is C24H19ClN4O2S. The lowest BCUT2D eigenvalue weighted by Gasteiger charge is -2.10. The monoisotopic (exact) mass is 462 g/mol. The standard InChI is InChI=1S/C24H19ClN4O2S/c1-31-20-13-12-18(14-19(20)25)26-21(30)15-32-24-27-22(16-8-4-2-5-9-16)23(28-29-24)17-10-6-3-7-11-17/h2-14H,15H2,1H3,(H,26,30). The predicted octanol–water partition coefficient (Wildman–Crippen LogP) is 5.60. The molecule has 8 heteroatoms. The van der Waals surface area contributed by atoms with Gasteiger partial charge in [0.2, 0.25) is 11.1 Å². The van der Waals surface area contributed by atoms with E-state index in [0.717, 1.165) is 16.8 Å². The third-order valence-corrected chi connectivity index (χ3v) is 5.66. The van der Waals surface area contributed by atoms with Gasteiger partial charge in [0.05, 0.1) is 17.9 Å². The van der Waals surface area contributed by atoms with E-state index in [2.05, 4.69) is 15.5 Å². The maximum atomic E-state index is 12.4. The molecule has 0 bridgehead atoms. The number of hydrogen-bond donors (Lipinski definition) is 1. The number of amides is 1. The quantitative estimate of drug-likeness (QED) is 0.360. The molecule has 1 N–H and O–H groups in total. The number of nitrogens with one attached hydrogen (secondary N) is 1. The van der Waals surface area contributed by atoms with E-state index < -0.39 is 0 Å². The maximum Gasteiger partial charge on any atom is 0.234 e. The average Bonchev–Trinajstić information content (AvgIpc) is 2.84. The molecule has 0 aliphatic rings. The highest BCUT2D eigenvalue weighted by molar-refractivity contribution is 7.99. The van der Waals surface area contributed by atoms with Gasteiger partial charge in [-0.05, 0) is 18.2 Å². The molecule has 1 aromatic heterocycles. The molecule has 6 nitrogen and oxygen atoms in total. The lowest BCUT2D eigenvalue weighted by atomic mass is 10.0. The van der Waals surface area contributed by atoms with Crippen LogP contribution < -0.4 is 10.1 Å². The van der Waals surface area contributed by atoms with Crippen molar-refractivity contribution in [2.75, 3.05) is 18.2 Å². The highest BCUT2D eigenvalue weighted by atomic mass is 35.5. The number of hydrogen-bond acceptors (Lipinski definition) is 6. The first-order valence-corrected chi connectivity index (χ1v) is 11.1. The van der Waals surface area contributed by atoms with Gasteiger partial charge >= 0.3 is 0 Å². The van der Waals surface area contributed by atoms with E-state index >= 15 is 0 Å². The number of nitrogens with zero attached hydrogens (tertiary/aromatic N) is 3. The summed E-state index contributed by atoms with van der Waals surface area (Å²) in [7, 11) is 1.54. The fourth-order valence-corrected chi connectivity index (χ4v) is 3.88. The van der Waals surface area contributed by atoms with Gasteiger partial charge in [-0.1, -0.05) is 84.0 Å². The fourth-order valence-electron chi connectivity index (χ4n) is 3.03. The molecule has 4 rings (SSSR count). The third-order valence-electron chi connectivity index (χ3n) is 4.53. The molecule has 0 atom stereocenters. The number of methoxy groups -OCH3 is 1. The minimum atomic E-state index is -0.201. The van der Waals surface area contributed by atoms with Crippen LogP contribution in [0.15, 0.2) is 84.0 Å². The first kappa shape index (κ1) is 21.8. The third kappa shape index (κ3) is 5.25. The molecular weight excluding hydrogens is 444 g/mol. The molecule has 0 saturated carbocycles. The second-order valence-corrected chi connectivity index (χ2v) is 8.06. The van der Waals surface area contributed by atoms with Crippen molar-refractivity contribution in [2.45, 2.75) is 5.16 Å². The number of halogens is 1. The van der Waals surface area contributed by atoms with Crippen molar-refractivity contribution in [3.63, 3.8) is 0 Å². The van der Waals surface area contributed by atoms with Crippen LogP contribution in [0.25, 0.3) is 22.5 Å². The van der Waals surface area contributed by atoms with E-state index in [0.29, 0.717) is 27.3 Å². The summed E-state index contributed by atoms with van der Waals surface area (Å²) < 4.78 is 5.13. The van der Waals surface area contributed by atoms with Gasteiger partial charge in [-0.15, -0.1) is 10.2 Å². The van der Waals surface area contributed by atoms with Gasteiger partial charge in [-0.2, -0.15) is 0 Å². The van der Waals surface area contributed by atoms with Crippen LogP contribution in [0.3, 0.4) is 0 Å². The topological polar surface area (TPSA) is 77.0 Å². The first-order chi connectivity index (χ1) is 15.6. The van der Waals surface area contributed by atoms with Crippen molar-refractivity contribution in [3.05, 3.63) is 83.9 Å². The van der Waals surface area contributed by atoms with E-state index in [9.17, 15) is 4.79 Å². The number of anilines is 1. The van der Waals surface area contributed by atoms with Crippen molar-refractivity contribution >= 4 is 35.0 Å². The van der Waals surface area contributed by atoms with Gasteiger partial charge in [-0.3, -0.25) is 4.79 Å². The van der Waals surface area contributed by atoms with E-state index in [-0.39, 0.29) is 11.7 Å². The first-order valence-electron chi connectivity index (χ1n) is 9.76. The number of benzene rings is 3. The van der Waals surface area contributed by atoms with Crippen molar-refractivity contribution < 1.29 is 9.53 Å². The molecule has 0 aliphatic carbocycles. The van der Waals surface area contributed by atoms with Gasteiger partial charge in [0.25, 0.3) is 0 Å². The Kier molecular flexibility index (Phi) is 6.99. The lowest BCUT2D eigenvalue weighted by molar-refractivity contribution is -0.113. The minimum Gasteiger partial charge on any atom is -0.495 e. The summed E-state index contributed by atoms with van der Waals surface area (Å²) in [6, 6.07) is 24.7. The van der Waals surface area contributed by atoms with Gasteiger partial charge in [-0.25, -0.2) is 4.98 Å². The summed E-state index contributed by atoms with van der Waals surface area (Å²) in [6.45, 7) is 0. The summed E-state index contributed by atoms with van der Waals surface area (Å²) in [6.07, 6.45) is 0. The van der Waals surface area contributed by atoms with E-state index in [1.165, 1.54) is 18.9 Å². The Morgan fingerprint density at radius 3 is 2.22 bits per heavy atom. The van der Waals surface area contributed by atoms with Crippen molar-refractivity contribution in [1.82, 2.24) is 15.2 Å². The molecule has 0 saturated heterocycles. The molecule has 0 fully saturated rings. The van der Waals surface area contributed by atoms with Gasteiger partial charge in [0, 0.05) is 16.8 Å². The smallest absolute Gasteiger partial charge is 0.234 e. The van der Waals surface area contributed by atoms with Crippen LogP contribution in [0.4, 0.5) is 5.69 Å². The largest absolute Gasteiger partial charge is 0.495 e. The van der Waals surface area contributed by atoms with E-state index in [1.54, 1.807) is 18.2 Å². The molecule has 1 heterocycles. The lowest BCUT2D eigenvalue weighted by Crippen LogP contribution is -2.14. The van der Waals surface area contributed by atoms with Crippen LogP contribution >= 0.6 is 23.4 Å². The summed E-state index contributed by atoms with van der Waals surface area (Å²) in [5, 5.41) is 12.3. The van der Waals surface area contributed by atoms with Gasteiger partial charge in [0.15, 0.2) is 0 Å². The zero-order valence-electron chi connectivity index (χ0n) is 17.2. The van der Waals surface area contributed by atoms with Crippen LogP contribution in [0.2, 0.25) is 5.02 Å². The van der Waals surface area contributed by atoms with Gasteiger partial charge < -0.3 is 10.1 Å². The Bertz CT molecular complexity index is 1220. The zero-order chi connectivity index (χ0) is 22.3. The highest BCUT2D eigenvalue weighted by Gasteiger charge is 2.15. The van der Waals surface area contributed by atoms with E-state index in [1.807, 2.05) is 60.7 Å². The Labute approximate surface area is 195 Å². The van der Waals surface area contributed by atoms with E-state index in [4.69, 9.17) is 21.3 Å². The van der Waals surface area contributed by atoms with Crippen LogP contribution in [0, 0.1) is 0 Å². The number of carbonyl (C=O) groups is 1. The number of rotatable bonds is 7. The SMILES string of the molecule is COc1ccc(NC(=O)CSc2nnc(-c3ccccc3)c(-c3ccccc3)n2)cc1Cl. The summed E-state index contributed by atoms with van der Waals surface area (Å²) in [5.41, 5.74) is 3.86. The number of aromatic nitrogens is 3. The van der Waals surface area contributed by atoms with Crippen LogP contribution in [-0.2, 0) is 4.79 Å². The molecule has 0 radical (unpaired) electrons. The second kappa shape index (κ2) is 10.3. The molecule has 3 aromatic carbocycles. The van der Waals surface area contributed by atoms with Crippen molar-refractivity contribution in [3.8, 4) is 28.3 Å².